The Morgan fingerprint density at radius 2 is 1.62 bits per heavy atom. The van der Waals surface area contributed by atoms with Gasteiger partial charge >= 0.3 is 0 Å². The molecule has 3 aromatic rings. The van der Waals surface area contributed by atoms with Crippen molar-refractivity contribution in [1.82, 2.24) is 0 Å². The summed E-state index contributed by atoms with van der Waals surface area (Å²) in [5.74, 6) is 0. The van der Waals surface area contributed by atoms with Crippen molar-refractivity contribution in [2.75, 3.05) is 5.32 Å². The summed E-state index contributed by atoms with van der Waals surface area (Å²) in [6.45, 7) is 4.26. The molecule has 0 unspecified atom stereocenters. The predicted molar refractivity (Wildman–Crippen MR) is 92.7 cm³/mol. The van der Waals surface area contributed by atoms with Gasteiger partial charge in [-0.3, -0.25) is 4.99 Å². The van der Waals surface area contributed by atoms with Gasteiger partial charge in [-0.15, -0.1) is 11.3 Å². The Hall–Kier alpha value is -2.39. The van der Waals surface area contributed by atoms with E-state index in [-0.39, 0.29) is 0 Å². The maximum Gasteiger partial charge on any atom is 0.0984 e. The van der Waals surface area contributed by atoms with Gasteiger partial charge in [-0.1, -0.05) is 48.5 Å². The summed E-state index contributed by atoms with van der Waals surface area (Å²) < 4.78 is 0. The zero-order valence-corrected chi connectivity index (χ0v) is 12.4. The van der Waals surface area contributed by atoms with Crippen LogP contribution in [0.2, 0.25) is 0 Å². The Kier molecular flexibility index (Phi) is 4.12. The van der Waals surface area contributed by atoms with Crippen molar-refractivity contribution in [1.29, 1.82) is 0 Å². The van der Waals surface area contributed by atoms with Gasteiger partial charge in [0.15, 0.2) is 0 Å². The molecule has 1 N–H and O–H groups in total. The molecular weight excluding hydrogens is 276 g/mol. The minimum absolute atomic E-state index is 0.614. The van der Waals surface area contributed by atoms with Gasteiger partial charge in [-0.2, -0.15) is 0 Å². The van der Waals surface area contributed by atoms with Gasteiger partial charge in [0.1, 0.15) is 0 Å². The largest absolute Gasteiger partial charge is 0.347 e. The van der Waals surface area contributed by atoms with Crippen LogP contribution in [0.5, 0.6) is 0 Å². The molecule has 1 aromatic heterocycles. The molecule has 0 aliphatic rings. The van der Waals surface area contributed by atoms with E-state index >= 15 is 0 Å². The first-order valence-electron chi connectivity index (χ1n) is 6.79. The molecule has 104 valence electrons. The minimum Gasteiger partial charge on any atom is -0.347 e. The lowest BCUT2D eigenvalue weighted by Crippen LogP contribution is -1.92. The molecule has 0 saturated heterocycles. The van der Waals surface area contributed by atoms with Crippen molar-refractivity contribution in [3.05, 3.63) is 71.6 Å². The third-order valence-corrected chi connectivity index (χ3v) is 4.22. The molecule has 0 amide bonds. The van der Waals surface area contributed by atoms with E-state index < -0.39 is 0 Å². The van der Waals surface area contributed by atoms with E-state index in [1.807, 2.05) is 24.3 Å². The van der Waals surface area contributed by atoms with E-state index in [2.05, 4.69) is 58.8 Å². The summed E-state index contributed by atoms with van der Waals surface area (Å²) in [5.41, 5.74) is 4.73. The molecule has 0 spiro atoms. The molecule has 1 heterocycles. The Labute approximate surface area is 128 Å². The summed E-state index contributed by atoms with van der Waals surface area (Å²) in [7, 11) is 0. The molecule has 0 fully saturated rings. The molecule has 3 rings (SSSR count). The van der Waals surface area contributed by atoms with Crippen LogP contribution in [0.15, 0.2) is 71.0 Å². The number of hydrogen-bond acceptors (Lipinski definition) is 3. The zero-order chi connectivity index (χ0) is 14.5. The van der Waals surface area contributed by atoms with Crippen LogP contribution in [0, 0.1) is 0 Å². The van der Waals surface area contributed by atoms with Crippen LogP contribution in [-0.2, 0) is 6.54 Å². The highest BCUT2D eigenvalue weighted by atomic mass is 32.1. The Morgan fingerprint density at radius 3 is 2.29 bits per heavy atom. The van der Waals surface area contributed by atoms with Crippen molar-refractivity contribution < 1.29 is 0 Å². The van der Waals surface area contributed by atoms with E-state index in [9.17, 15) is 0 Å². The number of anilines is 2. The molecule has 21 heavy (non-hydrogen) atoms. The van der Waals surface area contributed by atoms with Crippen LogP contribution in [0.1, 0.15) is 5.56 Å². The van der Waals surface area contributed by atoms with Crippen molar-refractivity contribution >= 4 is 28.7 Å². The van der Waals surface area contributed by atoms with Gasteiger partial charge in [0.25, 0.3) is 0 Å². The third-order valence-electron chi connectivity index (χ3n) is 3.28. The SMILES string of the molecule is C=NCc1c(-c2ccccc2)csc1Nc1ccccc1. The molecule has 0 aliphatic carbocycles. The van der Waals surface area contributed by atoms with Crippen molar-refractivity contribution in [2.24, 2.45) is 4.99 Å². The maximum atomic E-state index is 4.08. The van der Waals surface area contributed by atoms with Crippen LogP contribution in [-0.4, -0.2) is 6.72 Å². The number of hydrogen-bond donors (Lipinski definition) is 1. The quantitative estimate of drug-likeness (QED) is 0.629. The average molecular weight is 292 g/mol. The summed E-state index contributed by atoms with van der Waals surface area (Å²) in [6.07, 6.45) is 0. The lowest BCUT2D eigenvalue weighted by molar-refractivity contribution is 1.10. The van der Waals surface area contributed by atoms with Gasteiger partial charge in [0.05, 0.1) is 11.5 Å². The summed E-state index contributed by atoms with van der Waals surface area (Å²) >= 11 is 1.71. The van der Waals surface area contributed by atoms with Gasteiger partial charge in [-0.05, 0) is 30.0 Å². The van der Waals surface area contributed by atoms with Gasteiger partial charge in [-0.25, -0.2) is 0 Å². The summed E-state index contributed by atoms with van der Waals surface area (Å²) in [5, 5.41) is 6.79. The van der Waals surface area contributed by atoms with Gasteiger partial charge in [0.2, 0.25) is 0 Å². The van der Waals surface area contributed by atoms with Crippen LogP contribution < -0.4 is 5.32 Å². The molecule has 2 aromatic carbocycles. The van der Waals surface area contributed by atoms with Crippen molar-refractivity contribution in [3.63, 3.8) is 0 Å². The molecule has 0 atom stereocenters. The number of thiophene rings is 1. The fourth-order valence-corrected chi connectivity index (χ4v) is 3.28. The van der Waals surface area contributed by atoms with E-state index in [1.165, 1.54) is 16.7 Å². The number of nitrogens with zero attached hydrogens (tertiary/aromatic N) is 1. The second kappa shape index (κ2) is 6.37. The average Bonchev–Trinajstić information content (AvgIpc) is 2.92. The molecule has 2 nitrogen and oxygen atoms in total. The molecular formula is C18H16N2S. The first-order valence-corrected chi connectivity index (χ1v) is 7.67. The maximum absolute atomic E-state index is 4.08. The highest BCUT2D eigenvalue weighted by Gasteiger charge is 2.12. The number of aliphatic imine (C=N–C) groups is 1. The lowest BCUT2D eigenvalue weighted by Gasteiger charge is -2.08. The van der Waals surface area contributed by atoms with Crippen molar-refractivity contribution in [3.8, 4) is 11.1 Å². The standard InChI is InChI=1S/C18H16N2S/c1-19-12-16-17(14-8-4-2-5-9-14)13-21-18(16)20-15-10-6-3-7-11-15/h2-11,13,20H,1,12H2. The van der Waals surface area contributed by atoms with Crippen LogP contribution in [0.3, 0.4) is 0 Å². The second-order valence-corrected chi connectivity index (χ2v) is 5.58. The number of rotatable bonds is 5. The Balaban J connectivity index is 1.98. The van der Waals surface area contributed by atoms with E-state index in [0.717, 1.165) is 10.7 Å². The summed E-state index contributed by atoms with van der Waals surface area (Å²) in [4.78, 5) is 4.08. The predicted octanol–water partition coefficient (Wildman–Crippen LogP) is 5.36. The zero-order valence-electron chi connectivity index (χ0n) is 11.6. The van der Waals surface area contributed by atoms with Gasteiger partial charge in [0, 0.05) is 16.6 Å². The first kappa shape index (κ1) is 13.6. The van der Waals surface area contributed by atoms with Gasteiger partial charge < -0.3 is 5.32 Å². The second-order valence-electron chi connectivity index (χ2n) is 4.70. The normalized spacial score (nSPS) is 10.3. The molecule has 0 bridgehead atoms. The van der Waals surface area contributed by atoms with E-state index in [0.29, 0.717) is 6.54 Å². The van der Waals surface area contributed by atoms with E-state index in [1.54, 1.807) is 11.3 Å². The Morgan fingerprint density at radius 1 is 0.952 bits per heavy atom. The fraction of sp³-hybridized carbons (Fsp3) is 0.0556. The fourth-order valence-electron chi connectivity index (χ4n) is 2.27. The van der Waals surface area contributed by atoms with Crippen LogP contribution in [0.4, 0.5) is 10.7 Å². The minimum atomic E-state index is 0.614. The topological polar surface area (TPSA) is 24.4 Å². The Bertz CT molecular complexity index is 717. The van der Waals surface area contributed by atoms with Crippen LogP contribution >= 0.6 is 11.3 Å². The van der Waals surface area contributed by atoms with Crippen molar-refractivity contribution in [2.45, 2.75) is 6.54 Å². The monoisotopic (exact) mass is 292 g/mol. The first-order chi connectivity index (χ1) is 10.4. The lowest BCUT2D eigenvalue weighted by atomic mass is 10.0. The molecule has 3 heteroatoms. The smallest absolute Gasteiger partial charge is 0.0984 e. The number of nitrogens with one attached hydrogen (secondary N) is 1. The summed E-state index contributed by atoms with van der Waals surface area (Å²) in [6, 6.07) is 20.6. The highest BCUT2D eigenvalue weighted by molar-refractivity contribution is 7.15. The highest BCUT2D eigenvalue weighted by Crippen LogP contribution is 2.37. The molecule has 0 saturated carbocycles. The molecule has 0 radical (unpaired) electrons. The number of para-hydroxylation sites is 1. The van der Waals surface area contributed by atoms with E-state index in [4.69, 9.17) is 0 Å². The van der Waals surface area contributed by atoms with Crippen LogP contribution in [0.25, 0.3) is 11.1 Å². The number of benzene rings is 2. The molecule has 0 aliphatic heterocycles. The third kappa shape index (κ3) is 3.03.